The van der Waals surface area contributed by atoms with Crippen LogP contribution in [0.15, 0.2) is 16.6 Å². The number of hydrogen-bond acceptors (Lipinski definition) is 4. The van der Waals surface area contributed by atoms with Gasteiger partial charge in [0.2, 0.25) is 0 Å². The molecule has 0 fully saturated rings. The minimum Gasteiger partial charge on any atom is -0.465 e. The van der Waals surface area contributed by atoms with E-state index in [0.29, 0.717) is 12.0 Å². The second-order valence-electron chi connectivity index (χ2n) is 4.22. The topological polar surface area (TPSA) is 81.0 Å². The van der Waals surface area contributed by atoms with Crippen LogP contribution in [0.4, 0.5) is 0 Å². The fourth-order valence-electron chi connectivity index (χ4n) is 1.92. The molecule has 0 aliphatic heterocycles. The number of benzene rings is 1. The van der Waals surface area contributed by atoms with Crippen LogP contribution >= 0.6 is 15.9 Å². The number of rotatable bonds is 3. The monoisotopic (exact) mass is 311 g/mol. The van der Waals surface area contributed by atoms with Crippen LogP contribution in [0.25, 0.3) is 10.9 Å². The van der Waals surface area contributed by atoms with Crippen molar-refractivity contribution in [1.82, 2.24) is 10.2 Å². The number of halogens is 1. The van der Waals surface area contributed by atoms with E-state index in [9.17, 15) is 4.79 Å². The Morgan fingerprint density at radius 2 is 2.33 bits per heavy atom. The predicted molar refractivity (Wildman–Crippen MR) is 72.5 cm³/mol. The summed E-state index contributed by atoms with van der Waals surface area (Å²) < 4.78 is 5.58. The fourth-order valence-corrected chi connectivity index (χ4v) is 2.37. The van der Waals surface area contributed by atoms with Crippen LogP contribution in [0.1, 0.15) is 23.0 Å². The Morgan fingerprint density at radius 1 is 1.61 bits per heavy atom. The lowest BCUT2D eigenvalue weighted by Crippen LogP contribution is -2.18. The molecule has 96 valence electrons. The third-order valence-electron chi connectivity index (χ3n) is 2.63. The van der Waals surface area contributed by atoms with Gasteiger partial charge in [-0.2, -0.15) is 5.10 Å². The third-order valence-corrected chi connectivity index (χ3v) is 3.08. The zero-order valence-corrected chi connectivity index (χ0v) is 11.7. The summed E-state index contributed by atoms with van der Waals surface area (Å²) in [5.41, 5.74) is 7.86. The number of ether oxygens (including phenoxy) is 1. The van der Waals surface area contributed by atoms with Crippen molar-refractivity contribution in [2.24, 2.45) is 5.73 Å². The summed E-state index contributed by atoms with van der Waals surface area (Å²) in [5.74, 6) is -0.381. The maximum Gasteiger partial charge on any atom is 0.338 e. The highest BCUT2D eigenvalue weighted by Gasteiger charge is 2.17. The minimum atomic E-state index is -0.381. The van der Waals surface area contributed by atoms with Crippen molar-refractivity contribution in [2.75, 3.05) is 7.11 Å². The molecule has 1 aromatic carbocycles. The molecular weight excluding hydrogens is 298 g/mol. The van der Waals surface area contributed by atoms with E-state index in [0.717, 1.165) is 21.1 Å². The minimum absolute atomic E-state index is 0.0113. The number of carbonyl (C=O) groups is 1. The number of nitrogens with zero attached hydrogens (tertiary/aromatic N) is 1. The van der Waals surface area contributed by atoms with Gasteiger partial charge in [0.25, 0.3) is 0 Å². The van der Waals surface area contributed by atoms with Crippen molar-refractivity contribution in [3.05, 3.63) is 27.9 Å². The van der Waals surface area contributed by atoms with Gasteiger partial charge in [-0.05, 0) is 19.1 Å². The summed E-state index contributed by atoms with van der Waals surface area (Å²) in [5, 5.41) is 7.90. The molecule has 1 aromatic heterocycles. The van der Waals surface area contributed by atoms with Crippen LogP contribution < -0.4 is 5.73 Å². The van der Waals surface area contributed by atoms with Gasteiger partial charge >= 0.3 is 5.97 Å². The zero-order valence-electron chi connectivity index (χ0n) is 10.2. The first-order valence-electron chi connectivity index (χ1n) is 5.53. The van der Waals surface area contributed by atoms with Crippen LogP contribution in [0.2, 0.25) is 0 Å². The van der Waals surface area contributed by atoms with Crippen molar-refractivity contribution >= 4 is 32.8 Å². The average molecular weight is 312 g/mol. The van der Waals surface area contributed by atoms with Crippen molar-refractivity contribution in [2.45, 2.75) is 19.4 Å². The van der Waals surface area contributed by atoms with Gasteiger partial charge in [-0.15, -0.1) is 0 Å². The highest BCUT2D eigenvalue weighted by Crippen LogP contribution is 2.26. The lowest BCUT2D eigenvalue weighted by molar-refractivity contribution is 0.0603. The number of methoxy groups -OCH3 is 1. The van der Waals surface area contributed by atoms with Gasteiger partial charge in [0.05, 0.1) is 18.2 Å². The molecule has 0 spiro atoms. The molecule has 0 bridgehead atoms. The Hall–Kier alpha value is -1.40. The maximum absolute atomic E-state index is 11.8. The van der Waals surface area contributed by atoms with E-state index in [1.54, 1.807) is 6.07 Å². The molecule has 1 atom stereocenters. The predicted octanol–water partition coefficient (Wildman–Crippen LogP) is 2.00. The van der Waals surface area contributed by atoms with Crippen molar-refractivity contribution in [1.29, 1.82) is 0 Å². The van der Waals surface area contributed by atoms with Crippen LogP contribution in [0, 0.1) is 0 Å². The van der Waals surface area contributed by atoms with Crippen molar-refractivity contribution in [3.8, 4) is 0 Å². The summed E-state index contributed by atoms with van der Waals surface area (Å²) in [6.45, 7) is 1.91. The van der Waals surface area contributed by atoms with Crippen molar-refractivity contribution in [3.63, 3.8) is 0 Å². The molecule has 0 aliphatic rings. The summed E-state index contributed by atoms with van der Waals surface area (Å²) in [7, 11) is 1.36. The Morgan fingerprint density at radius 3 is 2.94 bits per heavy atom. The molecule has 0 radical (unpaired) electrons. The van der Waals surface area contributed by atoms with Gasteiger partial charge in [0.1, 0.15) is 0 Å². The number of carbonyl (C=O) groups excluding carboxylic acids is 1. The van der Waals surface area contributed by atoms with Crippen LogP contribution in [-0.2, 0) is 11.2 Å². The van der Waals surface area contributed by atoms with Gasteiger partial charge in [-0.25, -0.2) is 4.79 Å². The molecule has 0 unspecified atom stereocenters. The van der Waals surface area contributed by atoms with E-state index in [1.807, 2.05) is 13.0 Å². The first-order valence-corrected chi connectivity index (χ1v) is 6.32. The standard InChI is InChI=1S/C12H14BrN3O2/c1-6(14)3-9-11-8(12(17)18-2)4-7(13)5-10(11)16-15-9/h4-6H,3,14H2,1-2H3,(H,15,16)/t6-/m1/s1. The second-order valence-corrected chi connectivity index (χ2v) is 5.14. The zero-order chi connectivity index (χ0) is 13.3. The smallest absolute Gasteiger partial charge is 0.338 e. The molecule has 0 amide bonds. The summed E-state index contributed by atoms with van der Waals surface area (Å²) in [6, 6.07) is 3.57. The second kappa shape index (κ2) is 5.07. The first kappa shape index (κ1) is 13.0. The molecular formula is C12H14BrN3O2. The Balaban J connectivity index is 2.65. The molecule has 6 heteroatoms. The Bertz CT molecular complexity index is 592. The normalized spacial score (nSPS) is 12.7. The van der Waals surface area contributed by atoms with Gasteiger partial charge < -0.3 is 10.5 Å². The van der Waals surface area contributed by atoms with E-state index in [2.05, 4.69) is 26.1 Å². The van der Waals surface area contributed by atoms with Crippen LogP contribution in [-0.4, -0.2) is 29.3 Å². The SMILES string of the molecule is COC(=O)c1cc(Br)cc2n[nH]c(C[C@@H](C)N)c12. The number of fused-ring (bicyclic) bond motifs is 1. The summed E-state index contributed by atoms with van der Waals surface area (Å²) in [6.07, 6.45) is 0.627. The lowest BCUT2D eigenvalue weighted by Gasteiger charge is -2.06. The average Bonchev–Trinajstić information content (AvgIpc) is 2.69. The quantitative estimate of drug-likeness (QED) is 0.850. The summed E-state index contributed by atoms with van der Waals surface area (Å²) >= 11 is 3.35. The van der Waals surface area contributed by atoms with Gasteiger partial charge in [-0.1, -0.05) is 15.9 Å². The lowest BCUT2D eigenvalue weighted by atomic mass is 10.0. The Kier molecular flexibility index (Phi) is 3.68. The van der Waals surface area contributed by atoms with Gasteiger partial charge in [-0.3, -0.25) is 5.10 Å². The molecule has 0 saturated heterocycles. The maximum atomic E-state index is 11.8. The van der Waals surface area contributed by atoms with E-state index >= 15 is 0 Å². The molecule has 1 heterocycles. The third kappa shape index (κ3) is 2.39. The number of esters is 1. The molecule has 3 N–H and O–H groups in total. The molecule has 5 nitrogen and oxygen atoms in total. The summed E-state index contributed by atoms with van der Waals surface area (Å²) in [4.78, 5) is 11.8. The van der Waals surface area contributed by atoms with E-state index in [1.165, 1.54) is 7.11 Å². The first-order chi connectivity index (χ1) is 8.52. The molecule has 18 heavy (non-hydrogen) atoms. The number of nitrogens with one attached hydrogen (secondary N) is 1. The number of nitrogens with two attached hydrogens (primary N) is 1. The Labute approximate surface area is 113 Å². The molecule has 2 aromatic rings. The molecule has 2 rings (SSSR count). The van der Waals surface area contributed by atoms with E-state index < -0.39 is 0 Å². The van der Waals surface area contributed by atoms with Gasteiger partial charge in [0, 0.05) is 28.0 Å². The van der Waals surface area contributed by atoms with Gasteiger partial charge in [0.15, 0.2) is 0 Å². The highest BCUT2D eigenvalue weighted by atomic mass is 79.9. The number of aromatic nitrogens is 2. The number of aromatic amines is 1. The molecule has 0 aliphatic carbocycles. The van der Waals surface area contributed by atoms with Crippen LogP contribution in [0.3, 0.4) is 0 Å². The fraction of sp³-hybridized carbons (Fsp3) is 0.333. The number of H-pyrrole nitrogens is 1. The number of hydrogen-bond donors (Lipinski definition) is 2. The highest BCUT2D eigenvalue weighted by molar-refractivity contribution is 9.10. The van der Waals surface area contributed by atoms with Crippen LogP contribution in [0.5, 0.6) is 0 Å². The largest absolute Gasteiger partial charge is 0.465 e. The van der Waals surface area contributed by atoms with Crippen molar-refractivity contribution < 1.29 is 9.53 Å². The van der Waals surface area contributed by atoms with E-state index in [-0.39, 0.29) is 12.0 Å². The van der Waals surface area contributed by atoms with E-state index in [4.69, 9.17) is 10.5 Å². The molecule has 0 saturated carbocycles.